The Morgan fingerprint density at radius 3 is 2.74 bits per heavy atom. The summed E-state index contributed by atoms with van der Waals surface area (Å²) >= 11 is 8.85. The van der Waals surface area contributed by atoms with E-state index in [4.69, 9.17) is 11.6 Å². The number of carbonyl (C=O) groups excluding carboxylic acids is 2. The van der Waals surface area contributed by atoms with Gasteiger partial charge in [0.1, 0.15) is 11.1 Å². The van der Waals surface area contributed by atoms with Crippen molar-refractivity contribution in [2.45, 2.75) is 49.7 Å². The van der Waals surface area contributed by atoms with E-state index < -0.39 is 0 Å². The molecule has 0 saturated heterocycles. The average molecular weight is 524 g/mol. The first-order valence-electron chi connectivity index (χ1n) is 11.5. The highest BCUT2D eigenvalue weighted by molar-refractivity contribution is 8.00. The van der Waals surface area contributed by atoms with Gasteiger partial charge in [0.05, 0.1) is 17.2 Å². The summed E-state index contributed by atoms with van der Waals surface area (Å²) in [4.78, 5) is 27.5. The zero-order valence-electron chi connectivity index (χ0n) is 19.6. The van der Waals surface area contributed by atoms with Crippen molar-refractivity contribution in [1.82, 2.24) is 0 Å². The molecule has 1 aromatic heterocycles. The van der Waals surface area contributed by atoms with E-state index in [1.807, 2.05) is 43.3 Å². The van der Waals surface area contributed by atoms with Crippen LogP contribution in [-0.2, 0) is 28.9 Å². The van der Waals surface area contributed by atoms with Crippen LogP contribution in [0.1, 0.15) is 41.8 Å². The van der Waals surface area contributed by atoms with E-state index in [1.54, 1.807) is 12.1 Å². The number of carbonyl (C=O) groups is 2. The molecule has 180 valence electrons. The van der Waals surface area contributed by atoms with Crippen molar-refractivity contribution in [3.05, 3.63) is 75.1 Å². The van der Waals surface area contributed by atoms with E-state index in [2.05, 4.69) is 23.6 Å². The highest BCUT2D eigenvalue weighted by atomic mass is 35.5. The Hall–Kier alpha value is -2.79. The summed E-state index contributed by atoms with van der Waals surface area (Å²) < 4.78 is 0. The number of nitrogens with one attached hydrogen (secondary N) is 2. The van der Waals surface area contributed by atoms with Crippen molar-refractivity contribution in [3.8, 4) is 6.07 Å². The molecule has 1 aliphatic rings. The van der Waals surface area contributed by atoms with Gasteiger partial charge < -0.3 is 10.6 Å². The molecule has 2 atom stereocenters. The zero-order chi connectivity index (χ0) is 24.9. The highest BCUT2D eigenvalue weighted by Crippen LogP contribution is 2.39. The van der Waals surface area contributed by atoms with Gasteiger partial charge in [0, 0.05) is 20.5 Å². The fraction of sp³-hybridized carbons (Fsp3) is 0.296. The van der Waals surface area contributed by atoms with Crippen LogP contribution in [0, 0.1) is 17.2 Å². The van der Waals surface area contributed by atoms with Crippen LogP contribution >= 0.6 is 34.7 Å². The normalized spacial score (nSPS) is 15.5. The summed E-state index contributed by atoms with van der Waals surface area (Å²) in [6, 6.07) is 16.9. The van der Waals surface area contributed by atoms with Crippen LogP contribution in [0.25, 0.3) is 0 Å². The first kappa shape index (κ1) is 25.3. The molecule has 1 aliphatic carbocycles. The van der Waals surface area contributed by atoms with E-state index in [9.17, 15) is 14.9 Å². The minimum Gasteiger partial charge on any atom is -0.326 e. The standard InChI is InChI=1S/C27H26ClN3O2S2/c1-16-6-11-22-23(15-29)27(35-24(22)12-16)31-26(33)17(2)34-21-5-3-4-20(14-21)30-25(32)13-18-7-9-19(28)10-8-18/h3-5,7-10,14,16-17H,6,11-13H2,1-2H3,(H,30,32)(H,31,33). The maximum atomic E-state index is 12.9. The Kier molecular flexibility index (Phi) is 8.17. The van der Waals surface area contributed by atoms with Crippen molar-refractivity contribution in [3.63, 3.8) is 0 Å². The van der Waals surface area contributed by atoms with Crippen LogP contribution in [0.5, 0.6) is 0 Å². The number of thioether (sulfide) groups is 1. The van der Waals surface area contributed by atoms with E-state index in [1.165, 1.54) is 28.0 Å². The van der Waals surface area contributed by atoms with Crippen molar-refractivity contribution >= 4 is 57.2 Å². The van der Waals surface area contributed by atoms with Gasteiger partial charge in [-0.25, -0.2) is 0 Å². The van der Waals surface area contributed by atoms with Crippen molar-refractivity contribution in [1.29, 1.82) is 5.26 Å². The molecule has 2 N–H and O–H groups in total. The minimum atomic E-state index is -0.375. The summed E-state index contributed by atoms with van der Waals surface area (Å²) in [7, 11) is 0. The second-order valence-electron chi connectivity index (χ2n) is 8.80. The molecular formula is C27H26ClN3O2S2. The predicted octanol–water partition coefficient (Wildman–Crippen LogP) is 6.70. The number of hydrogen-bond donors (Lipinski definition) is 2. The van der Waals surface area contributed by atoms with Crippen LogP contribution in [-0.4, -0.2) is 17.1 Å². The SMILES string of the molecule is CC1CCc2c(sc(NC(=O)C(C)Sc3cccc(NC(=O)Cc4ccc(Cl)cc4)c3)c2C#N)C1. The van der Waals surface area contributed by atoms with Gasteiger partial charge in [0.2, 0.25) is 11.8 Å². The molecule has 2 amide bonds. The number of rotatable bonds is 7. The van der Waals surface area contributed by atoms with E-state index in [0.717, 1.165) is 35.3 Å². The number of thiophene rings is 1. The van der Waals surface area contributed by atoms with Crippen LogP contribution in [0.15, 0.2) is 53.4 Å². The summed E-state index contributed by atoms with van der Waals surface area (Å²) in [5.74, 6) is 0.334. The van der Waals surface area contributed by atoms with Crippen LogP contribution in [0.4, 0.5) is 10.7 Å². The maximum absolute atomic E-state index is 12.9. The number of halogens is 1. The number of fused-ring (bicyclic) bond motifs is 1. The maximum Gasteiger partial charge on any atom is 0.238 e. The third kappa shape index (κ3) is 6.46. The number of nitrogens with zero attached hydrogens (tertiary/aromatic N) is 1. The van der Waals surface area contributed by atoms with Gasteiger partial charge in [-0.15, -0.1) is 23.1 Å². The number of nitriles is 1. The highest BCUT2D eigenvalue weighted by Gasteiger charge is 2.26. The van der Waals surface area contributed by atoms with Crippen LogP contribution in [0.3, 0.4) is 0 Å². The molecule has 0 bridgehead atoms. The molecule has 35 heavy (non-hydrogen) atoms. The Balaban J connectivity index is 1.37. The molecule has 0 aliphatic heterocycles. The number of amides is 2. The molecular weight excluding hydrogens is 498 g/mol. The fourth-order valence-electron chi connectivity index (χ4n) is 4.07. The molecule has 2 unspecified atom stereocenters. The molecule has 0 fully saturated rings. The second-order valence-corrected chi connectivity index (χ2v) is 11.8. The quantitative estimate of drug-likeness (QED) is 0.338. The Morgan fingerprint density at radius 2 is 2.00 bits per heavy atom. The zero-order valence-corrected chi connectivity index (χ0v) is 21.9. The Bertz CT molecular complexity index is 1280. The van der Waals surface area contributed by atoms with E-state index >= 15 is 0 Å². The first-order valence-corrected chi connectivity index (χ1v) is 13.6. The predicted molar refractivity (Wildman–Crippen MR) is 144 cm³/mol. The monoisotopic (exact) mass is 523 g/mol. The minimum absolute atomic E-state index is 0.125. The van der Waals surface area contributed by atoms with Crippen molar-refractivity contribution in [2.75, 3.05) is 10.6 Å². The summed E-state index contributed by atoms with van der Waals surface area (Å²) in [5.41, 5.74) is 3.28. The summed E-state index contributed by atoms with van der Waals surface area (Å²) in [6.45, 7) is 4.06. The fourth-order valence-corrected chi connectivity index (χ4v) is 6.48. The third-order valence-corrected chi connectivity index (χ3v) is 8.45. The largest absolute Gasteiger partial charge is 0.326 e. The van der Waals surface area contributed by atoms with Gasteiger partial charge in [0.25, 0.3) is 0 Å². The van der Waals surface area contributed by atoms with Gasteiger partial charge in [-0.2, -0.15) is 5.26 Å². The lowest BCUT2D eigenvalue weighted by Gasteiger charge is -2.17. The first-order chi connectivity index (χ1) is 16.8. The average Bonchev–Trinajstić information content (AvgIpc) is 3.16. The number of hydrogen-bond acceptors (Lipinski definition) is 5. The molecule has 5 nitrogen and oxygen atoms in total. The molecule has 8 heteroatoms. The molecule has 0 saturated carbocycles. The van der Waals surface area contributed by atoms with E-state index in [0.29, 0.717) is 27.2 Å². The summed E-state index contributed by atoms with van der Waals surface area (Å²) in [6.07, 6.45) is 3.18. The third-order valence-electron chi connectivity index (χ3n) is 5.94. The van der Waals surface area contributed by atoms with Gasteiger partial charge in [-0.1, -0.05) is 36.7 Å². The lowest BCUT2D eigenvalue weighted by atomic mass is 9.89. The van der Waals surface area contributed by atoms with Crippen LogP contribution < -0.4 is 10.6 Å². The lowest BCUT2D eigenvalue weighted by Crippen LogP contribution is -2.22. The number of anilines is 2. The topological polar surface area (TPSA) is 82.0 Å². The van der Waals surface area contributed by atoms with Crippen LogP contribution in [0.2, 0.25) is 5.02 Å². The Morgan fingerprint density at radius 1 is 1.23 bits per heavy atom. The molecule has 0 spiro atoms. The lowest BCUT2D eigenvalue weighted by molar-refractivity contribution is -0.116. The second kappa shape index (κ2) is 11.3. The van der Waals surface area contributed by atoms with Crippen molar-refractivity contribution in [2.24, 2.45) is 5.92 Å². The van der Waals surface area contributed by atoms with E-state index in [-0.39, 0.29) is 23.5 Å². The molecule has 0 radical (unpaired) electrons. The Labute approximate surface area is 218 Å². The van der Waals surface area contributed by atoms with Gasteiger partial charge in [-0.05, 0) is 73.6 Å². The molecule has 1 heterocycles. The molecule has 3 aromatic rings. The molecule has 2 aromatic carbocycles. The summed E-state index contributed by atoms with van der Waals surface area (Å²) in [5, 5.41) is 16.5. The van der Waals surface area contributed by atoms with Crippen molar-refractivity contribution < 1.29 is 9.59 Å². The van der Waals surface area contributed by atoms with Gasteiger partial charge >= 0.3 is 0 Å². The number of benzene rings is 2. The smallest absolute Gasteiger partial charge is 0.238 e. The molecule has 4 rings (SSSR count). The van der Waals surface area contributed by atoms with Gasteiger partial charge in [-0.3, -0.25) is 9.59 Å². The van der Waals surface area contributed by atoms with Gasteiger partial charge in [0.15, 0.2) is 0 Å².